The molecular weight excluding hydrogens is 220 g/mol. The second kappa shape index (κ2) is 6.31. The van der Waals surface area contributed by atoms with Gasteiger partial charge in [0.15, 0.2) is 5.69 Å². The van der Waals surface area contributed by atoms with Gasteiger partial charge < -0.3 is 9.47 Å². The fourth-order valence-electron chi connectivity index (χ4n) is 0.860. The van der Waals surface area contributed by atoms with Gasteiger partial charge in [-0.05, 0) is 0 Å². The van der Waals surface area contributed by atoms with Crippen molar-refractivity contribution in [2.45, 2.75) is 6.42 Å². The molecule has 0 atom stereocenters. The summed E-state index contributed by atoms with van der Waals surface area (Å²) in [5.74, 6) is -0.504. The average Bonchev–Trinajstić information content (AvgIpc) is 2.25. The van der Waals surface area contributed by atoms with E-state index in [1.165, 1.54) is 12.4 Å². The first-order valence-corrected chi connectivity index (χ1v) is 4.75. The minimum absolute atomic E-state index is 0.150. The molecule has 0 spiro atoms. The smallest absolute Gasteiger partial charge is 0.358 e. The number of hydrogen-bond donors (Lipinski definition) is 0. The molecule has 0 aliphatic heterocycles. The van der Waals surface area contributed by atoms with Crippen LogP contribution in [0.2, 0.25) is 5.15 Å². The van der Waals surface area contributed by atoms with E-state index in [-0.39, 0.29) is 10.8 Å². The molecule has 0 aliphatic carbocycles. The van der Waals surface area contributed by atoms with Crippen molar-refractivity contribution in [2.24, 2.45) is 0 Å². The molecule has 0 N–H and O–H groups in total. The normalized spacial score (nSPS) is 10.0. The molecule has 0 aromatic carbocycles. The fourth-order valence-corrected chi connectivity index (χ4v) is 0.957. The molecule has 1 aromatic rings. The highest BCUT2D eigenvalue weighted by molar-refractivity contribution is 6.29. The van der Waals surface area contributed by atoms with Crippen LogP contribution in [-0.4, -0.2) is 36.3 Å². The maximum absolute atomic E-state index is 11.3. The van der Waals surface area contributed by atoms with E-state index in [0.717, 1.165) is 0 Å². The summed E-state index contributed by atoms with van der Waals surface area (Å²) in [4.78, 5) is 18.8. The van der Waals surface area contributed by atoms with E-state index in [4.69, 9.17) is 21.1 Å². The minimum Gasteiger partial charge on any atom is -0.461 e. The lowest BCUT2D eigenvalue weighted by Crippen LogP contribution is -2.09. The molecule has 0 radical (unpaired) electrons. The van der Waals surface area contributed by atoms with Gasteiger partial charge in [-0.3, -0.25) is 0 Å². The van der Waals surface area contributed by atoms with Crippen LogP contribution < -0.4 is 0 Å². The van der Waals surface area contributed by atoms with E-state index in [9.17, 15) is 4.79 Å². The van der Waals surface area contributed by atoms with Gasteiger partial charge in [-0.1, -0.05) is 11.6 Å². The molecule has 0 unspecified atom stereocenters. The van der Waals surface area contributed by atoms with Gasteiger partial charge in [0.05, 0.1) is 19.0 Å². The van der Waals surface area contributed by atoms with Crippen LogP contribution in [0.25, 0.3) is 0 Å². The van der Waals surface area contributed by atoms with Crippen LogP contribution in [0.5, 0.6) is 0 Å². The Hall–Kier alpha value is -1.20. The highest BCUT2D eigenvalue weighted by atomic mass is 35.5. The molecular formula is C9H11ClN2O3. The zero-order valence-corrected chi connectivity index (χ0v) is 9.03. The van der Waals surface area contributed by atoms with Gasteiger partial charge in [-0.2, -0.15) is 0 Å². The number of halogens is 1. The summed E-state index contributed by atoms with van der Waals surface area (Å²) in [5, 5.41) is 0.242. The fraction of sp³-hybridized carbons (Fsp3) is 0.444. The molecule has 0 amide bonds. The zero-order chi connectivity index (χ0) is 11.1. The summed E-state index contributed by atoms with van der Waals surface area (Å²) in [6.45, 7) is 0.858. The van der Waals surface area contributed by atoms with Gasteiger partial charge in [0.1, 0.15) is 5.15 Å². The van der Waals surface area contributed by atoms with Gasteiger partial charge in [0.2, 0.25) is 0 Å². The second-order valence-electron chi connectivity index (χ2n) is 2.71. The van der Waals surface area contributed by atoms with E-state index in [2.05, 4.69) is 9.97 Å². The Balaban J connectivity index is 2.37. The van der Waals surface area contributed by atoms with Gasteiger partial charge in [0.25, 0.3) is 0 Å². The van der Waals surface area contributed by atoms with Gasteiger partial charge in [-0.15, -0.1) is 0 Å². The number of ether oxygens (including phenoxy) is 2. The number of methoxy groups -OCH3 is 1. The lowest BCUT2D eigenvalue weighted by Gasteiger charge is -2.02. The first-order chi connectivity index (χ1) is 7.24. The standard InChI is InChI=1S/C9H11ClN2O3/c1-14-3-2-4-15-9(13)7-5-12-8(10)6-11-7/h5-6H,2-4H2,1H3. The van der Waals surface area contributed by atoms with Crippen LogP contribution in [0.3, 0.4) is 0 Å². The van der Waals surface area contributed by atoms with Crippen molar-refractivity contribution in [1.82, 2.24) is 9.97 Å². The van der Waals surface area contributed by atoms with Gasteiger partial charge in [-0.25, -0.2) is 14.8 Å². The van der Waals surface area contributed by atoms with Crippen LogP contribution in [0.4, 0.5) is 0 Å². The zero-order valence-electron chi connectivity index (χ0n) is 8.27. The monoisotopic (exact) mass is 230 g/mol. The van der Waals surface area contributed by atoms with Crippen molar-refractivity contribution in [3.8, 4) is 0 Å². The molecule has 82 valence electrons. The van der Waals surface area contributed by atoms with Crippen LogP contribution >= 0.6 is 11.6 Å². The third-order valence-electron chi connectivity index (χ3n) is 1.56. The number of rotatable bonds is 5. The SMILES string of the molecule is COCCCOC(=O)c1cnc(Cl)cn1. The lowest BCUT2D eigenvalue weighted by molar-refractivity contribution is 0.0461. The number of aromatic nitrogens is 2. The Labute approximate surface area is 92.4 Å². The number of carbonyl (C=O) groups is 1. The minimum atomic E-state index is -0.504. The Kier molecular flexibility index (Phi) is 5.00. The summed E-state index contributed by atoms with van der Waals surface area (Å²) in [6, 6.07) is 0. The van der Waals surface area contributed by atoms with E-state index in [1.54, 1.807) is 7.11 Å². The van der Waals surface area contributed by atoms with Crippen LogP contribution in [-0.2, 0) is 9.47 Å². The molecule has 15 heavy (non-hydrogen) atoms. The number of carbonyl (C=O) groups excluding carboxylic acids is 1. The van der Waals surface area contributed by atoms with E-state index < -0.39 is 5.97 Å². The lowest BCUT2D eigenvalue weighted by atomic mass is 10.4. The first kappa shape index (κ1) is 11.9. The summed E-state index contributed by atoms with van der Waals surface area (Å²) < 4.78 is 9.71. The molecule has 1 aromatic heterocycles. The summed E-state index contributed by atoms with van der Waals surface area (Å²) >= 11 is 5.52. The van der Waals surface area contributed by atoms with Crippen molar-refractivity contribution in [1.29, 1.82) is 0 Å². The molecule has 0 fully saturated rings. The Morgan fingerprint density at radius 2 is 2.20 bits per heavy atom. The van der Waals surface area contributed by atoms with E-state index in [1.807, 2.05) is 0 Å². The van der Waals surface area contributed by atoms with Crippen LogP contribution in [0.1, 0.15) is 16.9 Å². The average molecular weight is 231 g/mol. The maximum Gasteiger partial charge on any atom is 0.358 e. The maximum atomic E-state index is 11.3. The molecule has 1 rings (SSSR count). The summed E-state index contributed by atoms with van der Waals surface area (Å²) in [5.41, 5.74) is 0.150. The van der Waals surface area contributed by atoms with E-state index >= 15 is 0 Å². The summed E-state index contributed by atoms with van der Waals surface area (Å²) in [6.07, 6.45) is 3.23. The topological polar surface area (TPSA) is 61.3 Å². The molecule has 0 bridgehead atoms. The highest BCUT2D eigenvalue weighted by Crippen LogP contribution is 2.02. The quantitative estimate of drug-likeness (QED) is 0.564. The van der Waals surface area contributed by atoms with Crippen LogP contribution in [0.15, 0.2) is 12.4 Å². The number of nitrogens with zero attached hydrogens (tertiary/aromatic N) is 2. The molecule has 0 saturated heterocycles. The van der Waals surface area contributed by atoms with Crippen molar-refractivity contribution in [2.75, 3.05) is 20.3 Å². The second-order valence-corrected chi connectivity index (χ2v) is 3.09. The summed E-state index contributed by atoms with van der Waals surface area (Å²) in [7, 11) is 1.59. The third-order valence-corrected chi connectivity index (χ3v) is 1.75. The number of esters is 1. The van der Waals surface area contributed by atoms with Crippen molar-refractivity contribution in [3.05, 3.63) is 23.2 Å². The Morgan fingerprint density at radius 3 is 2.80 bits per heavy atom. The predicted molar refractivity (Wildman–Crippen MR) is 53.8 cm³/mol. The van der Waals surface area contributed by atoms with Crippen LogP contribution in [0, 0.1) is 0 Å². The van der Waals surface area contributed by atoms with Crippen molar-refractivity contribution < 1.29 is 14.3 Å². The molecule has 0 aliphatic rings. The molecule has 5 nitrogen and oxygen atoms in total. The van der Waals surface area contributed by atoms with Crippen molar-refractivity contribution in [3.63, 3.8) is 0 Å². The highest BCUT2D eigenvalue weighted by Gasteiger charge is 2.08. The van der Waals surface area contributed by atoms with E-state index in [0.29, 0.717) is 19.6 Å². The molecule has 1 heterocycles. The van der Waals surface area contributed by atoms with Crippen molar-refractivity contribution >= 4 is 17.6 Å². The molecule has 0 saturated carbocycles. The third kappa shape index (κ3) is 4.22. The predicted octanol–water partition coefficient (Wildman–Crippen LogP) is 1.32. The first-order valence-electron chi connectivity index (χ1n) is 4.37. The molecule has 6 heteroatoms. The van der Waals surface area contributed by atoms with Gasteiger partial charge >= 0.3 is 5.97 Å². The Bertz CT molecular complexity index is 316. The largest absolute Gasteiger partial charge is 0.461 e. The Morgan fingerprint density at radius 1 is 1.40 bits per heavy atom. The number of hydrogen-bond acceptors (Lipinski definition) is 5. The van der Waals surface area contributed by atoms with Gasteiger partial charge in [0, 0.05) is 20.1 Å².